The minimum atomic E-state index is -0.876. The van der Waals surface area contributed by atoms with E-state index in [4.69, 9.17) is 9.63 Å². The zero-order valence-electron chi connectivity index (χ0n) is 12.5. The van der Waals surface area contributed by atoms with Crippen LogP contribution in [0.3, 0.4) is 0 Å². The molecule has 1 aromatic heterocycles. The van der Waals surface area contributed by atoms with Crippen LogP contribution in [0.5, 0.6) is 0 Å². The molecule has 0 fully saturated rings. The van der Waals surface area contributed by atoms with Gasteiger partial charge in [-0.05, 0) is 12.1 Å². The van der Waals surface area contributed by atoms with Crippen LogP contribution >= 0.6 is 0 Å². The van der Waals surface area contributed by atoms with Crippen LogP contribution in [0.25, 0.3) is 0 Å². The molecule has 112 valence electrons. The molecule has 0 saturated carbocycles. The Labute approximate surface area is 124 Å². The van der Waals surface area contributed by atoms with Gasteiger partial charge in [0, 0.05) is 17.2 Å². The second-order valence-corrected chi connectivity index (χ2v) is 6.02. The number of aromatic nitrogens is 1. The van der Waals surface area contributed by atoms with Crippen molar-refractivity contribution in [3.8, 4) is 0 Å². The van der Waals surface area contributed by atoms with E-state index in [1.165, 1.54) is 0 Å². The first-order valence-electron chi connectivity index (χ1n) is 6.84. The number of carbonyl (C=O) groups is 1. The predicted molar refractivity (Wildman–Crippen MR) is 80.3 cm³/mol. The van der Waals surface area contributed by atoms with Gasteiger partial charge in [0.05, 0.1) is 6.54 Å². The Balaban J connectivity index is 2.19. The smallest absolute Gasteiger partial charge is 0.323 e. The summed E-state index contributed by atoms with van der Waals surface area (Å²) in [4.78, 5) is 12.8. The molecule has 0 bridgehead atoms. The van der Waals surface area contributed by atoms with Crippen LogP contribution in [0.1, 0.15) is 32.2 Å². The molecule has 0 aliphatic carbocycles. The quantitative estimate of drug-likeness (QED) is 0.916. The van der Waals surface area contributed by atoms with Crippen LogP contribution in [-0.4, -0.2) is 22.8 Å². The van der Waals surface area contributed by atoms with Crippen molar-refractivity contribution in [3.63, 3.8) is 0 Å². The number of anilines is 1. The second kappa shape index (κ2) is 5.99. The molecule has 0 radical (unpaired) electrons. The third kappa shape index (κ3) is 4.08. The topological polar surface area (TPSA) is 66.6 Å². The van der Waals surface area contributed by atoms with Crippen LogP contribution in [0, 0.1) is 0 Å². The van der Waals surface area contributed by atoms with Crippen LogP contribution in [0.2, 0.25) is 0 Å². The number of para-hydroxylation sites is 1. The van der Waals surface area contributed by atoms with Gasteiger partial charge < -0.3 is 14.5 Å². The lowest BCUT2D eigenvalue weighted by Crippen LogP contribution is -2.29. The van der Waals surface area contributed by atoms with Crippen LogP contribution in [-0.2, 0) is 16.8 Å². The van der Waals surface area contributed by atoms with Gasteiger partial charge in [0.2, 0.25) is 0 Å². The fraction of sp³-hybridized carbons (Fsp3) is 0.375. The zero-order chi connectivity index (χ0) is 15.5. The zero-order valence-corrected chi connectivity index (χ0v) is 12.5. The minimum Gasteiger partial charge on any atom is -0.480 e. The van der Waals surface area contributed by atoms with E-state index in [0.29, 0.717) is 6.54 Å². The Kier molecular flexibility index (Phi) is 4.31. The first kappa shape index (κ1) is 15.1. The molecule has 21 heavy (non-hydrogen) atoms. The van der Waals surface area contributed by atoms with E-state index in [1.54, 1.807) is 4.90 Å². The molecule has 0 saturated heterocycles. The lowest BCUT2D eigenvalue weighted by Gasteiger charge is -2.21. The molecule has 5 nitrogen and oxygen atoms in total. The number of nitrogens with zero attached hydrogens (tertiary/aromatic N) is 2. The fourth-order valence-corrected chi connectivity index (χ4v) is 1.98. The second-order valence-electron chi connectivity index (χ2n) is 6.02. The van der Waals surface area contributed by atoms with Crippen molar-refractivity contribution in [1.29, 1.82) is 0 Å². The number of carboxylic acid groups (broad SMARTS) is 1. The van der Waals surface area contributed by atoms with Gasteiger partial charge in [-0.25, -0.2) is 0 Å². The highest BCUT2D eigenvalue weighted by Gasteiger charge is 2.21. The Morgan fingerprint density at radius 1 is 1.29 bits per heavy atom. The number of hydrogen-bond acceptors (Lipinski definition) is 4. The third-order valence-corrected chi connectivity index (χ3v) is 3.10. The van der Waals surface area contributed by atoms with Crippen LogP contribution in [0.4, 0.5) is 5.69 Å². The summed E-state index contributed by atoms with van der Waals surface area (Å²) < 4.78 is 5.35. The summed E-state index contributed by atoms with van der Waals surface area (Å²) in [6, 6.07) is 11.3. The largest absolute Gasteiger partial charge is 0.480 e. The lowest BCUT2D eigenvalue weighted by atomic mass is 9.93. The average molecular weight is 288 g/mol. The van der Waals surface area contributed by atoms with Gasteiger partial charge >= 0.3 is 5.97 Å². The number of rotatable bonds is 5. The molecule has 1 heterocycles. The van der Waals surface area contributed by atoms with Gasteiger partial charge in [-0.2, -0.15) is 0 Å². The van der Waals surface area contributed by atoms with Gasteiger partial charge in [-0.15, -0.1) is 0 Å². The lowest BCUT2D eigenvalue weighted by molar-refractivity contribution is -0.135. The highest BCUT2D eigenvalue weighted by Crippen LogP contribution is 2.24. The predicted octanol–water partition coefficient (Wildman–Crippen LogP) is 3.06. The molecule has 5 heteroatoms. The molecule has 1 aromatic carbocycles. The van der Waals surface area contributed by atoms with Crippen molar-refractivity contribution in [1.82, 2.24) is 5.16 Å². The molecule has 0 aliphatic rings. The normalized spacial score (nSPS) is 11.4. The standard InChI is InChI=1S/C16H20N2O3/c1-16(2,3)14-9-12(17-21-14)10-18(11-15(19)20)13-7-5-4-6-8-13/h4-9H,10-11H2,1-3H3,(H,19,20). The first-order valence-corrected chi connectivity index (χ1v) is 6.84. The summed E-state index contributed by atoms with van der Waals surface area (Å²) in [5, 5.41) is 13.1. The highest BCUT2D eigenvalue weighted by molar-refractivity contribution is 5.73. The van der Waals surface area contributed by atoms with E-state index in [2.05, 4.69) is 5.16 Å². The monoisotopic (exact) mass is 288 g/mol. The van der Waals surface area contributed by atoms with Gasteiger partial charge in [0.15, 0.2) is 0 Å². The van der Waals surface area contributed by atoms with Gasteiger partial charge in [-0.3, -0.25) is 4.79 Å². The van der Waals surface area contributed by atoms with Crippen molar-refractivity contribution in [2.75, 3.05) is 11.4 Å². The van der Waals surface area contributed by atoms with E-state index in [9.17, 15) is 4.79 Å². The molecular formula is C16H20N2O3. The van der Waals surface area contributed by atoms with Crippen molar-refractivity contribution < 1.29 is 14.4 Å². The molecule has 0 amide bonds. The van der Waals surface area contributed by atoms with Gasteiger partial charge in [0.25, 0.3) is 0 Å². The van der Waals surface area contributed by atoms with Crippen molar-refractivity contribution >= 4 is 11.7 Å². The minimum absolute atomic E-state index is 0.0816. The first-order chi connectivity index (χ1) is 9.86. The number of aliphatic carboxylic acids is 1. The number of hydrogen-bond donors (Lipinski definition) is 1. The maximum atomic E-state index is 11.1. The summed E-state index contributed by atoms with van der Waals surface area (Å²) in [7, 11) is 0. The summed E-state index contributed by atoms with van der Waals surface area (Å²) >= 11 is 0. The summed E-state index contributed by atoms with van der Waals surface area (Å²) in [5.74, 6) is -0.0840. The van der Waals surface area contributed by atoms with Crippen LogP contribution in [0.15, 0.2) is 40.9 Å². The summed E-state index contributed by atoms with van der Waals surface area (Å²) in [6.45, 7) is 6.45. The Morgan fingerprint density at radius 3 is 2.48 bits per heavy atom. The molecule has 2 rings (SSSR count). The Bertz CT molecular complexity index is 599. The highest BCUT2D eigenvalue weighted by atomic mass is 16.5. The Hall–Kier alpha value is -2.30. The third-order valence-electron chi connectivity index (χ3n) is 3.10. The van der Waals surface area contributed by atoms with E-state index in [-0.39, 0.29) is 12.0 Å². The van der Waals surface area contributed by atoms with E-state index < -0.39 is 5.97 Å². The van der Waals surface area contributed by atoms with Crippen LogP contribution < -0.4 is 4.90 Å². The van der Waals surface area contributed by atoms with E-state index in [0.717, 1.165) is 17.1 Å². The average Bonchev–Trinajstić information content (AvgIpc) is 2.87. The van der Waals surface area contributed by atoms with Gasteiger partial charge in [-0.1, -0.05) is 44.1 Å². The molecule has 0 atom stereocenters. The SMILES string of the molecule is CC(C)(C)c1cc(CN(CC(=O)O)c2ccccc2)no1. The van der Waals surface area contributed by atoms with E-state index in [1.807, 2.05) is 57.2 Å². The number of carboxylic acids is 1. The maximum Gasteiger partial charge on any atom is 0.323 e. The maximum absolute atomic E-state index is 11.1. The van der Waals surface area contributed by atoms with E-state index >= 15 is 0 Å². The van der Waals surface area contributed by atoms with Gasteiger partial charge in [0.1, 0.15) is 18.0 Å². The Morgan fingerprint density at radius 2 is 1.95 bits per heavy atom. The summed E-state index contributed by atoms with van der Waals surface area (Å²) in [6.07, 6.45) is 0. The van der Waals surface area contributed by atoms with Crippen molar-refractivity contribution in [2.45, 2.75) is 32.7 Å². The van der Waals surface area contributed by atoms with Crippen molar-refractivity contribution in [2.24, 2.45) is 0 Å². The van der Waals surface area contributed by atoms with Crippen molar-refractivity contribution in [3.05, 3.63) is 47.9 Å². The molecule has 0 spiro atoms. The molecule has 2 aromatic rings. The molecular weight excluding hydrogens is 268 g/mol. The molecule has 0 unspecified atom stereocenters. The summed E-state index contributed by atoms with van der Waals surface area (Å²) in [5.41, 5.74) is 1.46. The molecule has 1 N–H and O–H groups in total. The number of benzene rings is 1. The molecule has 0 aliphatic heterocycles. The fourth-order valence-electron chi connectivity index (χ4n) is 1.98.